The molecule has 156 valence electrons. The quantitative estimate of drug-likeness (QED) is 0.670. The van der Waals surface area contributed by atoms with Crippen LogP contribution in [0, 0.1) is 0 Å². The van der Waals surface area contributed by atoms with Crippen LogP contribution in [-0.4, -0.2) is 42.7 Å². The first kappa shape index (κ1) is 19.6. The van der Waals surface area contributed by atoms with Crippen molar-refractivity contribution in [3.05, 3.63) is 53.6 Å². The monoisotopic (exact) mass is 411 g/mol. The minimum atomic E-state index is -0.887. The molecule has 0 unspecified atom stereocenters. The Bertz CT molecular complexity index is 975. The lowest BCUT2D eigenvalue weighted by Crippen LogP contribution is -2.36. The molecule has 2 aliphatic rings. The van der Waals surface area contributed by atoms with Gasteiger partial charge in [-0.05, 0) is 35.4 Å². The Morgan fingerprint density at radius 1 is 1.13 bits per heavy atom. The highest BCUT2D eigenvalue weighted by Gasteiger charge is 2.39. The van der Waals surface area contributed by atoms with Gasteiger partial charge in [-0.2, -0.15) is 0 Å². The van der Waals surface area contributed by atoms with Gasteiger partial charge in [0.15, 0.2) is 11.5 Å². The summed E-state index contributed by atoms with van der Waals surface area (Å²) in [4.78, 5) is 38.2. The second kappa shape index (κ2) is 8.32. The van der Waals surface area contributed by atoms with E-state index < -0.39 is 18.0 Å². The summed E-state index contributed by atoms with van der Waals surface area (Å²) in [6.07, 6.45) is -0.127. The van der Waals surface area contributed by atoms with Crippen molar-refractivity contribution in [3.63, 3.8) is 0 Å². The number of imide groups is 1. The van der Waals surface area contributed by atoms with Crippen molar-refractivity contribution in [1.82, 2.24) is 15.5 Å². The molecule has 0 bridgehead atoms. The minimum absolute atomic E-state index is 0.0886. The van der Waals surface area contributed by atoms with E-state index in [4.69, 9.17) is 14.2 Å². The van der Waals surface area contributed by atoms with Crippen LogP contribution in [0.5, 0.6) is 17.2 Å². The topological polar surface area (TPSA) is 106 Å². The molecule has 2 N–H and O–H groups in total. The molecule has 30 heavy (non-hydrogen) atoms. The number of carbonyl (C=O) groups excluding carboxylic acids is 3. The van der Waals surface area contributed by atoms with Gasteiger partial charge < -0.3 is 24.8 Å². The van der Waals surface area contributed by atoms with Crippen LogP contribution in [-0.2, 0) is 22.7 Å². The van der Waals surface area contributed by atoms with Gasteiger partial charge in [0.1, 0.15) is 11.8 Å². The number of ether oxygens (including phenoxy) is 3. The first-order chi connectivity index (χ1) is 14.5. The molecule has 1 atom stereocenters. The van der Waals surface area contributed by atoms with Crippen LogP contribution in [0.15, 0.2) is 42.5 Å². The number of urea groups is 1. The number of hydrogen-bond donors (Lipinski definition) is 2. The van der Waals surface area contributed by atoms with Crippen molar-refractivity contribution < 1.29 is 28.6 Å². The molecule has 2 aliphatic heterocycles. The van der Waals surface area contributed by atoms with E-state index in [0.717, 1.165) is 21.8 Å². The van der Waals surface area contributed by atoms with Gasteiger partial charge in [-0.15, -0.1) is 0 Å². The van der Waals surface area contributed by atoms with E-state index in [1.165, 1.54) is 0 Å². The number of amides is 4. The van der Waals surface area contributed by atoms with Gasteiger partial charge in [0.2, 0.25) is 12.7 Å². The Morgan fingerprint density at radius 3 is 2.63 bits per heavy atom. The van der Waals surface area contributed by atoms with Crippen LogP contribution < -0.4 is 24.8 Å². The van der Waals surface area contributed by atoms with Crippen molar-refractivity contribution in [2.75, 3.05) is 13.9 Å². The summed E-state index contributed by atoms with van der Waals surface area (Å²) in [5.74, 6) is 1.18. The summed E-state index contributed by atoms with van der Waals surface area (Å²) in [5, 5.41) is 5.33. The fraction of sp³-hybridized carbons (Fsp3) is 0.286. The zero-order valence-electron chi connectivity index (χ0n) is 16.3. The summed E-state index contributed by atoms with van der Waals surface area (Å²) in [6, 6.07) is 11.1. The van der Waals surface area contributed by atoms with Crippen LogP contribution in [0.2, 0.25) is 0 Å². The Balaban J connectivity index is 1.31. The lowest BCUT2D eigenvalue weighted by atomic mass is 10.1. The van der Waals surface area contributed by atoms with Gasteiger partial charge in [-0.3, -0.25) is 14.5 Å². The molecule has 0 aromatic heterocycles. The van der Waals surface area contributed by atoms with Gasteiger partial charge in [-0.1, -0.05) is 18.2 Å². The molecule has 0 spiro atoms. The zero-order chi connectivity index (χ0) is 21.1. The van der Waals surface area contributed by atoms with Crippen LogP contribution in [0.4, 0.5) is 4.79 Å². The summed E-state index contributed by atoms with van der Waals surface area (Å²) in [6.45, 7) is 0.555. The van der Waals surface area contributed by atoms with E-state index in [1.807, 2.05) is 12.1 Å². The van der Waals surface area contributed by atoms with Crippen molar-refractivity contribution in [3.8, 4) is 17.2 Å². The van der Waals surface area contributed by atoms with Crippen LogP contribution in [0.1, 0.15) is 17.5 Å². The van der Waals surface area contributed by atoms with E-state index in [9.17, 15) is 14.4 Å². The third-order valence-corrected chi connectivity index (χ3v) is 4.92. The molecule has 2 heterocycles. The normalized spacial score (nSPS) is 17.1. The van der Waals surface area contributed by atoms with E-state index in [1.54, 1.807) is 37.4 Å². The highest BCUT2D eigenvalue weighted by molar-refractivity contribution is 6.05. The molecule has 0 radical (unpaired) electrons. The van der Waals surface area contributed by atoms with E-state index in [2.05, 4.69) is 10.6 Å². The zero-order valence-corrected chi connectivity index (χ0v) is 16.3. The number of fused-ring (bicyclic) bond motifs is 1. The molecule has 4 amide bonds. The Kier molecular flexibility index (Phi) is 5.42. The lowest BCUT2D eigenvalue weighted by Gasteiger charge is -2.13. The third kappa shape index (κ3) is 4.14. The smallest absolute Gasteiger partial charge is 0.325 e. The predicted octanol–water partition coefficient (Wildman–Crippen LogP) is 1.55. The number of benzene rings is 2. The number of rotatable bonds is 7. The van der Waals surface area contributed by atoms with Crippen molar-refractivity contribution >= 4 is 17.8 Å². The average molecular weight is 411 g/mol. The number of nitrogens with zero attached hydrogens (tertiary/aromatic N) is 1. The van der Waals surface area contributed by atoms with Crippen molar-refractivity contribution in [2.45, 2.75) is 25.6 Å². The molecular formula is C21H21N3O6. The van der Waals surface area contributed by atoms with E-state index >= 15 is 0 Å². The molecule has 1 saturated heterocycles. The Morgan fingerprint density at radius 2 is 1.87 bits per heavy atom. The number of carbonyl (C=O) groups is 3. The van der Waals surface area contributed by atoms with Gasteiger partial charge in [0, 0.05) is 6.54 Å². The maximum atomic E-state index is 12.6. The maximum absolute atomic E-state index is 12.6. The molecule has 2 aromatic carbocycles. The fourth-order valence-electron chi connectivity index (χ4n) is 3.29. The van der Waals surface area contributed by atoms with Crippen molar-refractivity contribution in [2.24, 2.45) is 0 Å². The summed E-state index contributed by atoms with van der Waals surface area (Å²) in [5.41, 5.74) is 1.63. The highest BCUT2D eigenvalue weighted by Crippen LogP contribution is 2.33. The fourth-order valence-corrected chi connectivity index (χ4v) is 3.29. The second-order valence-electron chi connectivity index (χ2n) is 6.94. The third-order valence-electron chi connectivity index (χ3n) is 4.92. The maximum Gasteiger partial charge on any atom is 0.325 e. The molecule has 9 nitrogen and oxygen atoms in total. The van der Waals surface area contributed by atoms with Gasteiger partial charge >= 0.3 is 6.03 Å². The largest absolute Gasteiger partial charge is 0.497 e. The standard InChI is InChI=1S/C21H21N3O6/c1-28-15-5-2-13(3-6-15)10-22-19(25)9-16-20(26)24(21(27)23-16)11-14-4-7-17-18(8-14)30-12-29-17/h2-8,16H,9-12H2,1H3,(H,22,25)(H,23,27)/t16-/m0/s1. The molecule has 0 aliphatic carbocycles. The first-order valence-corrected chi connectivity index (χ1v) is 9.43. The summed E-state index contributed by atoms with van der Waals surface area (Å²) >= 11 is 0. The van der Waals surface area contributed by atoms with Crippen LogP contribution >= 0.6 is 0 Å². The van der Waals surface area contributed by atoms with Crippen LogP contribution in [0.25, 0.3) is 0 Å². The van der Waals surface area contributed by atoms with Crippen molar-refractivity contribution in [1.29, 1.82) is 0 Å². The second-order valence-corrected chi connectivity index (χ2v) is 6.94. The minimum Gasteiger partial charge on any atom is -0.497 e. The first-order valence-electron chi connectivity index (χ1n) is 9.43. The number of nitrogens with one attached hydrogen (secondary N) is 2. The van der Waals surface area contributed by atoms with E-state index in [0.29, 0.717) is 18.0 Å². The molecule has 2 aromatic rings. The number of hydrogen-bond acceptors (Lipinski definition) is 6. The molecule has 4 rings (SSSR count). The Labute approximate surface area is 172 Å². The predicted molar refractivity (Wildman–Crippen MR) is 105 cm³/mol. The molecule has 9 heteroatoms. The van der Waals surface area contributed by atoms with Gasteiger partial charge in [-0.25, -0.2) is 4.79 Å². The van der Waals surface area contributed by atoms with E-state index in [-0.39, 0.29) is 25.7 Å². The van der Waals surface area contributed by atoms with Gasteiger partial charge in [0.25, 0.3) is 5.91 Å². The number of methoxy groups -OCH3 is 1. The van der Waals surface area contributed by atoms with Crippen LogP contribution in [0.3, 0.4) is 0 Å². The summed E-state index contributed by atoms with van der Waals surface area (Å²) in [7, 11) is 1.58. The summed E-state index contributed by atoms with van der Waals surface area (Å²) < 4.78 is 15.7. The lowest BCUT2D eigenvalue weighted by molar-refractivity contribution is -0.131. The SMILES string of the molecule is COc1ccc(CNC(=O)C[C@@H]2NC(=O)N(Cc3ccc4c(c3)OCO4)C2=O)cc1. The highest BCUT2D eigenvalue weighted by atomic mass is 16.7. The molecule has 0 saturated carbocycles. The average Bonchev–Trinajstić information content (AvgIpc) is 3.32. The molecule has 1 fully saturated rings. The Hall–Kier alpha value is -3.75. The van der Waals surface area contributed by atoms with Gasteiger partial charge in [0.05, 0.1) is 20.1 Å². The molecular weight excluding hydrogens is 390 g/mol.